The van der Waals surface area contributed by atoms with E-state index >= 15 is 0 Å². The molecule has 1 N–H and O–H groups in total. The molecule has 9 heteroatoms. The number of hydrogen-bond acceptors (Lipinski definition) is 5. The van der Waals surface area contributed by atoms with E-state index in [1.807, 2.05) is 18.2 Å². The van der Waals surface area contributed by atoms with Crippen LogP contribution in [-0.4, -0.2) is 72.8 Å². The SMILES string of the molecule is Cc1[nH]c(C)c(S(=O)(=O)N2CCN(c3ccccn3)CC2)c1C(=O)N1CCCCC1. The van der Waals surface area contributed by atoms with Crippen molar-refractivity contribution in [3.8, 4) is 0 Å². The highest BCUT2D eigenvalue weighted by atomic mass is 32.2. The molecule has 4 rings (SSSR count). The molecular weight excluding hydrogens is 402 g/mol. The van der Waals surface area contributed by atoms with Crippen LogP contribution >= 0.6 is 0 Å². The smallest absolute Gasteiger partial charge is 0.257 e. The van der Waals surface area contributed by atoms with E-state index in [0.717, 1.165) is 25.1 Å². The van der Waals surface area contributed by atoms with Crippen molar-refractivity contribution in [1.82, 2.24) is 19.2 Å². The van der Waals surface area contributed by atoms with E-state index in [0.29, 0.717) is 56.2 Å². The lowest BCUT2D eigenvalue weighted by Crippen LogP contribution is -2.49. The second-order valence-electron chi connectivity index (χ2n) is 8.01. The number of aromatic nitrogens is 2. The number of nitrogens with one attached hydrogen (secondary N) is 1. The van der Waals surface area contributed by atoms with Crippen LogP contribution in [-0.2, 0) is 10.0 Å². The number of anilines is 1. The zero-order chi connectivity index (χ0) is 21.3. The molecule has 8 nitrogen and oxygen atoms in total. The van der Waals surface area contributed by atoms with Crippen LogP contribution in [0.1, 0.15) is 41.0 Å². The molecule has 162 valence electrons. The number of pyridine rings is 1. The quantitative estimate of drug-likeness (QED) is 0.801. The number of hydrogen-bond donors (Lipinski definition) is 1. The first-order valence-corrected chi connectivity index (χ1v) is 12.0. The van der Waals surface area contributed by atoms with E-state index in [2.05, 4.69) is 14.9 Å². The van der Waals surface area contributed by atoms with Gasteiger partial charge in [0.25, 0.3) is 5.91 Å². The number of rotatable bonds is 4. The monoisotopic (exact) mass is 431 g/mol. The number of amides is 1. The van der Waals surface area contributed by atoms with E-state index in [9.17, 15) is 13.2 Å². The van der Waals surface area contributed by atoms with Gasteiger partial charge in [-0.3, -0.25) is 4.79 Å². The molecule has 0 unspecified atom stereocenters. The number of piperidine rings is 1. The van der Waals surface area contributed by atoms with Crippen LogP contribution in [0.3, 0.4) is 0 Å². The van der Waals surface area contributed by atoms with Crippen molar-refractivity contribution in [2.24, 2.45) is 0 Å². The maximum atomic E-state index is 13.6. The number of nitrogens with zero attached hydrogens (tertiary/aromatic N) is 4. The van der Waals surface area contributed by atoms with Crippen molar-refractivity contribution in [2.75, 3.05) is 44.2 Å². The van der Waals surface area contributed by atoms with Crippen molar-refractivity contribution < 1.29 is 13.2 Å². The van der Waals surface area contributed by atoms with E-state index < -0.39 is 10.0 Å². The first kappa shape index (κ1) is 20.9. The normalized spacial score (nSPS) is 18.6. The third-order valence-corrected chi connectivity index (χ3v) is 8.06. The second kappa shape index (κ2) is 8.39. The van der Waals surface area contributed by atoms with Crippen LogP contribution in [0.25, 0.3) is 0 Å². The lowest BCUT2D eigenvalue weighted by Gasteiger charge is -2.35. The topological polar surface area (TPSA) is 89.6 Å². The summed E-state index contributed by atoms with van der Waals surface area (Å²) in [7, 11) is -3.78. The molecule has 0 aromatic carbocycles. The van der Waals surface area contributed by atoms with Gasteiger partial charge < -0.3 is 14.8 Å². The molecule has 4 heterocycles. The van der Waals surface area contributed by atoms with Gasteiger partial charge in [0.1, 0.15) is 10.7 Å². The molecule has 1 amide bonds. The molecule has 0 radical (unpaired) electrons. The van der Waals surface area contributed by atoms with Crippen LogP contribution in [0.4, 0.5) is 5.82 Å². The van der Waals surface area contributed by atoms with Gasteiger partial charge in [-0.05, 0) is 45.2 Å². The number of sulfonamides is 1. The molecule has 0 saturated carbocycles. The Kier molecular flexibility index (Phi) is 5.84. The van der Waals surface area contributed by atoms with Crippen molar-refractivity contribution in [3.63, 3.8) is 0 Å². The number of aromatic amines is 1. The Morgan fingerprint density at radius 3 is 2.30 bits per heavy atom. The fraction of sp³-hybridized carbons (Fsp3) is 0.524. The summed E-state index contributed by atoms with van der Waals surface area (Å²) < 4.78 is 28.6. The molecule has 2 saturated heterocycles. The minimum absolute atomic E-state index is 0.141. The van der Waals surface area contributed by atoms with Crippen molar-refractivity contribution >= 4 is 21.7 Å². The van der Waals surface area contributed by atoms with Crippen LogP contribution in [0.2, 0.25) is 0 Å². The van der Waals surface area contributed by atoms with Gasteiger partial charge in [-0.25, -0.2) is 13.4 Å². The fourth-order valence-electron chi connectivity index (χ4n) is 4.42. The summed E-state index contributed by atoms with van der Waals surface area (Å²) in [4.78, 5) is 24.7. The first-order valence-electron chi connectivity index (χ1n) is 10.5. The molecule has 0 bridgehead atoms. The van der Waals surface area contributed by atoms with Gasteiger partial charge in [0.05, 0.1) is 5.56 Å². The Hall–Kier alpha value is -2.39. The molecule has 0 aliphatic carbocycles. The fourth-order valence-corrected chi connectivity index (χ4v) is 6.26. The minimum Gasteiger partial charge on any atom is -0.361 e. The third-order valence-electron chi connectivity index (χ3n) is 5.98. The standard InChI is InChI=1S/C21H29N5O3S/c1-16-19(21(27)25-10-6-3-7-11-25)20(17(2)23-16)30(28,29)26-14-12-24(13-15-26)18-8-4-5-9-22-18/h4-5,8-9,23H,3,6-7,10-15H2,1-2H3. The van der Waals surface area contributed by atoms with Crippen LogP contribution in [0.15, 0.2) is 29.3 Å². The summed E-state index contributed by atoms with van der Waals surface area (Å²) in [6, 6.07) is 5.72. The summed E-state index contributed by atoms with van der Waals surface area (Å²) in [6.07, 6.45) is 4.78. The lowest BCUT2D eigenvalue weighted by molar-refractivity contribution is 0.0720. The van der Waals surface area contributed by atoms with Crippen LogP contribution < -0.4 is 4.90 Å². The van der Waals surface area contributed by atoms with Gasteiger partial charge in [-0.2, -0.15) is 4.31 Å². The molecular formula is C21H29N5O3S. The van der Waals surface area contributed by atoms with E-state index in [1.54, 1.807) is 24.9 Å². The number of aryl methyl sites for hydroxylation is 2. The Balaban J connectivity index is 1.58. The number of carbonyl (C=O) groups is 1. The number of piperazine rings is 1. The zero-order valence-corrected chi connectivity index (χ0v) is 18.4. The number of H-pyrrole nitrogens is 1. The molecule has 2 fully saturated rings. The second-order valence-corrected chi connectivity index (χ2v) is 9.89. The van der Waals surface area contributed by atoms with Gasteiger partial charge >= 0.3 is 0 Å². The highest BCUT2D eigenvalue weighted by Crippen LogP contribution is 2.30. The van der Waals surface area contributed by atoms with Gasteiger partial charge in [0.2, 0.25) is 10.0 Å². The summed E-state index contributed by atoms with van der Waals surface area (Å²) in [6.45, 7) is 6.73. The highest BCUT2D eigenvalue weighted by Gasteiger charge is 2.36. The van der Waals surface area contributed by atoms with Crippen molar-refractivity contribution in [3.05, 3.63) is 41.3 Å². The predicted octanol–water partition coefficient (Wildman–Crippen LogP) is 2.16. The minimum atomic E-state index is -3.78. The summed E-state index contributed by atoms with van der Waals surface area (Å²) in [5, 5.41) is 0. The maximum Gasteiger partial charge on any atom is 0.257 e. The average Bonchev–Trinajstić information content (AvgIpc) is 3.09. The molecule has 0 spiro atoms. The van der Waals surface area contributed by atoms with Gasteiger partial charge in [-0.1, -0.05) is 6.07 Å². The van der Waals surface area contributed by atoms with E-state index in [-0.39, 0.29) is 10.8 Å². The first-order chi connectivity index (χ1) is 14.4. The van der Waals surface area contributed by atoms with Crippen molar-refractivity contribution in [2.45, 2.75) is 38.0 Å². The van der Waals surface area contributed by atoms with E-state index in [4.69, 9.17) is 0 Å². The number of carbonyl (C=O) groups excluding carboxylic acids is 1. The Morgan fingerprint density at radius 1 is 0.967 bits per heavy atom. The largest absolute Gasteiger partial charge is 0.361 e. The average molecular weight is 432 g/mol. The third kappa shape index (κ3) is 3.83. The number of likely N-dealkylation sites (tertiary alicyclic amines) is 1. The molecule has 2 aliphatic heterocycles. The summed E-state index contributed by atoms with van der Waals surface area (Å²) in [5.74, 6) is 0.673. The Bertz CT molecular complexity index is 1000. The zero-order valence-electron chi connectivity index (χ0n) is 17.6. The Labute approximate surface area is 177 Å². The van der Waals surface area contributed by atoms with Crippen LogP contribution in [0.5, 0.6) is 0 Å². The maximum absolute atomic E-state index is 13.6. The molecule has 2 aromatic heterocycles. The molecule has 2 aromatic rings. The van der Waals surface area contributed by atoms with Gasteiger partial charge in [0.15, 0.2) is 0 Å². The van der Waals surface area contributed by atoms with Gasteiger partial charge in [0, 0.05) is 56.9 Å². The lowest BCUT2D eigenvalue weighted by atomic mass is 10.1. The van der Waals surface area contributed by atoms with Crippen molar-refractivity contribution in [1.29, 1.82) is 0 Å². The van der Waals surface area contributed by atoms with E-state index in [1.165, 1.54) is 4.31 Å². The predicted molar refractivity (Wildman–Crippen MR) is 115 cm³/mol. The van der Waals surface area contributed by atoms with Gasteiger partial charge in [-0.15, -0.1) is 0 Å². The summed E-state index contributed by atoms with van der Waals surface area (Å²) in [5.41, 5.74) is 1.45. The molecule has 30 heavy (non-hydrogen) atoms. The molecule has 2 aliphatic rings. The highest BCUT2D eigenvalue weighted by molar-refractivity contribution is 7.89. The Morgan fingerprint density at radius 2 is 1.67 bits per heavy atom. The summed E-state index contributed by atoms with van der Waals surface area (Å²) >= 11 is 0. The van der Waals surface area contributed by atoms with Crippen LogP contribution in [0, 0.1) is 13.8 Å². The molecule has 0 atom stereocenters.